The van der Waals surface area contributed by atoms with E-state index in [1.165, 1.54) is 12.1 Å². The quantitative estimate of drug-likeness (QED) is 0.488. The minimum atomic E-state index is -3.63. The molecule has 1 aromatic carbocycles. The van der Waals surface area contributed by atoms with Gasteiger partial charge in [0.1, 0.15) is 18.9 Å². The summed E-state index contributed by atoms with van der Waals surface area (Å²) in [5.74, 6) is 0. The molecule has 1 heterocycles. The van der Waals surface area contributed by atoms with Gasteiger partial charge in [0.15, 0.2) is 0 Å². The van der Waals surface area contributed by atoms with Gasteiger partial charge in [-0.3, -0.25) is 0 Å². The van der Waals surface area contributed by atoms with E-state index in [0.29, 0.717) is 6.54 Å². The van der Waals surface area contributed by atoms with Gasteiger partial charge in [0.05, 0.1) is 11.9 Å². The van der Waals surface area contributed by atoms with E-state index in [9.17, 15) is 8.42 Å². The molecule has 18 heavy (non-hydrogen) atoms. The molecule has 0 saturated carbocycles. The molecule has 2 aromatic rings. The van der Waals surface area contributed by atoms with Crippen molar-refractivity contribution in [2.75, 3.05) is 0 Å². The number of aryl methyl sites for hydroxylation is 1. The van der Waals surface area contributed by atoms with E-state index < -0.39 is 9.05 Å². The Bertz CT molecular complexity index is 623. The highest BCUT2D eigenvalue weighted by Gasteiger charge is 2.09. The average molecular weight is 352 g/mol. The highest BCUT2D eigenvalue weighted by molar-refractivity contribution is 8.13. The Morgan fingerprint density at radius 1 is 1.28 bits per heavy atom. The second-order valence-electron chi connectivity index (χ2n) is 3.83. The molecule has 0 aliphatic rings. The summed E-state index contributed by atoms with van der Waals surface area (Å²) in [5, 5.41) is 0. The second-order valence-corrected chi connectivity index (χ2v) is 6.40. The first-order valence-corrected chi connectivity index (χ1v) is 7.31. The number of rotatable bonds is 3. The zero-order valence-electron chi connectivity index (χ0n) is 9.62. The zero-order valence-corrected chi connectivity index (χ0v) is 12.8. The van der Waals surface area contributed by atoms with Crippen molar-refractivity contribution in [1.29, 1.82) is 0 Å². The SMILES string of the molecule is C[n+]1ccn(Cc2ccc(S(=O)(=O)Cl)cc2)c1.[Br-]. The minimum Gasteiger partial charge on any atom is -1.00 e. The topological polar surface area (TPSA) is 43.0 Å². The van der Waals surface area contributed by atoms with Crippen LogP contribution in [0.3, 0.4) is 0 Å². The van der Waals surface area contributed by atoms with Crippen LogP contribution in [0.25, 0.3) is 0 Å². The molecule has 7 heteroatoms. The first-order valence-electron chi connectivity index (χ1n) is 5.00. The molecule has 98 valence electrons. The molecule has 1 aromatic heterocycles. The van der Waals surface area contributed by atoms with E-state index in [2.05, 4.69) is 0 Å². The maximum Gasteiger partial charge on any atom is 0.261 e. The Kier molecular flexibility index (Phi) is 4.95. The molecule has 0 spiro atoms. The first kappa shape index (κ1) is 15.2. The Hall–Kier alpha value is -0.850. The minimum absolute atomic E-state index is 0. The lowest BCUT2D eigenvalue weighted by Crippen LogP contribution is -3.00. The van der Waals surface area contributed by atoms with E-state index in [1.54, 1.807) is 12.1 Å². The van der Waals surface area contributed by atoms with Crippen molar-refractivity contribution in [1.82, 2.24) is 4.57 Å². The number of hydrogen-bond acceptors (Lipinski definition) is 2. The molecule has 0 saturated heterocycles. The molecule has 0 bridgehead atoms. The Morgan fingerprint density at radius 3 is 2.33 bits per heavy atom. The fourth-order valence-electron chi connectivity index (χ4n) is 1.56. The summed E-state index contributed by atoms with van der Waals surface area (Å²) >= 11 is 0. The highest BCUT2D eigenvalue weighted by atomic mass is 79.9. The maximum atomic E-state index is 11.1. The summed E-state index contributed by atoms with van der Waals surface area (Å²) in [6.07, 6.45) is 5.84. The van der Waals surface area contributed by atoms with Gasteiger partial charge in [-0.05, 0) is 17.7 Å². The molecule has 0 N–H and O–H groups in total. The lowest BCUT2D eigenvalue weighted by atomic mass is 10.2. The van der Waals surface area contributed by atoms with Crippen molar-refractivity contribution >= 4 is 19.7 Å². The molecule has 0 amide bonds. The number of imidazole rings is 1. The van der Waals surface area contributed by atoms with Crippen LogP contribution in [0, 0.1) is 0 Å². The van der Waals surface area contributed by atoms with Gasteiger partial charge < -0.3 is 17.0 Å². The number of hydrogen-bond donors (Lipinski definition) is 0. The molecule has 2 rings (SSSR count). The number of benzene rings is 1. The van der Waals surface area contributed by atoms with Crippen molar-refractivity contribution in [3.63, 3.8) is 0 Å². The molecule has 0 aliphatic heterocycles. The van der Waals surface area contributed by atoms with Crippen LogP contribution < -0.4 is 21.5 Å². The van der Waals surface area contributed by atoms with E-state index in [1.807, 2.05) is 34.9 Å². The van der Waals surface area contributed by atoms with Gasteiger partial charge in [-0.15, -0.1) is 0 Å². The van der Waals surface area contributed by atoms with E-state index in [-0.39, 0.29) is 21.9 Å². The number of aromatic nitrogens is 2. The Labute approximate surface area is 121 Å². The van der Waals surface area contributed by atoms with Crippen LogP contribution in [0.4, 0.5) is 0 Å². The third-order valence-corrected chi connectivity index (χ3v) is 3.76. The van der Waals surface area contributed by atoms with Crippen LogP contribution in [-0.2, 0) is 22.6 Å². The van der Waals surface area contributed by atoms with Gasteiger partial charge >= 0.3 is 0 Å². The molecule has 0 atom stereocenters. The third kappa shape index (κ3) is 3.83. The van der Waals surface area contributed by atoms with Crippen molar-refractivity contribution in [3.05, 3.63) is 48.5 Å². The van der Waals surface area contributed by atoms with Gasteiger partial charge in [-0.25, -0.2) is 17.6 Å². The van der Waals surface area contributed by atoms with E-state index in [4.69, 9.17) is 10.7 Å². The summed E-state index contributed by atoms with van der Waals surface area (Å²) in [6, 6.07) is 6.55. The van der Waals surface area contributed by atoms with Gasteiger partial charge in [0.2, 0.25) is 6.33 Å². The molecule has 0 radical (unpaired) electrons. The molecule has 0 fully saturated rings. The van der Waals surface area contributed by atoms with Crippen LogP contribution >= 0.6 is 10.7 Å². The summed E-state index contributed by atoms with van der Waals surface area (Å²) in [5.41, 5.74) is 1.02. The largest absolute Gasteiger partial charge is 1.00 e. The van der Waals surface area contributed by atoms with Gasteiger partial charge in [0.25, 0.3) is 9.05 Å². The molecule has 0 aliphatic carbocycles. The van der Waals surface area contributed by atoms with Gasteiger partial charge in [-0.1, -0.05) is 12.1 Å². The Morgan fingerprint density at radius 2 is 1.89 bits per heavy atom. The number of nitrogens with zero attached hydrogens (tertiary/aromatic N) is 2. The smallest absolute Gasteiger partial charge is 0.261 e. The van der Waals surface area contributed by atoms with E-state index in [0.717, 1.165) is 5.56 Å². The molecule has 4 nitrogen and oxygen atoms in total. The Balaban J connectivity index is 0.00000162. The molecule has 0 unspecified atom stereocenters. The highest BCUT2D eigenvalue weighted by Crippen LogP contribution is 2.15. The lowest BCUT2D eigenvalue weighted by molar-refractivity contribution is -0.671. The summed E-state index contributed by atoms with van der Waals surface area (Å²) in [6.45, 7) is 0.698. The van der Waals surface area contributed by atoms with Crippen molar-refractivity contribution < 1.29 is 30.0 Å². The number of halogens is 2. The summed E-state index contributed by atoms with van der Waals surface area (Å²) in [7, 11) is 3.56. The normalized spacial score (nSPS) is 11.0. The first-order chi connectivity index (χ1) is 7.95. The third-order valence-electron chi connectivity index (χ3n) is 2.39. The fourth-order valence-corrected chi connectivity index (χ4v) is 2.33. The second kappa shape index (κ2) is 5.86. The average Bonchev–Trinajstić information content (AvgIpc) is 2.63. The summed E-state index contributed by atoms with van der Waals surface area (Å²) in [4.78, 5) is 0.126. The van der Waals surface area contributed by atoms with E-state index >= 15 is 0 Å². The predicted octanol–water partition coefficient (Wildman–Crippen LogP) is -1.71. The van der Waals surface area contributed by atoms with Crippen LogP contribution in [-0.4, -0.2) is 13.0 Å². The standard InChI is InChI=1S/C11H12ClN2O2S.BrH/c1-13-6-7-14(9-13)8-10-2-4-11(5-3-10)17(12,15)16;/h2-7,9H,8H2,1H3;1H/q+1;/p-1. The molecular weight excluding hydrogens is 340 g/mol. The van der Waals surface area contributed by atoms with Crippen molar-refractivity contribution in [3.8, 4) is 0 Å². The van der Waals surface area contributed by atoms with Crippen molar-refractivity contribution in [2.24, 2.45) is 7.05 Å². The van der Waals surface area contributed by atoms with Crippen LogP contribution in [0.2, 0.25) is 0 Å². The molecular formula is C11H12BrClN2O2S. The fraction of sp³-hybridized carbons (Fsp3) is 0.182. The van der Waals surface area contributed by atoms with Crippen molar-refractivity contribution in [2.45, 2.75) is 11.4 Å². The lowest BCUT2D eigenvalue weighted by Gasteiger charge is -1.99. The van der Waals surface area contributed by atoms with Gasteiger partial charge in [-0.2, -0.15) is 0 Å². The summed E-state index contributed by atoms with van der Waals surface area (Å²) < 4.78 is 26.1. The maximum absolute atomic E-state index is 11.1. The van der Waals surface area contributed by atoms with Crippen LogP contribution in [0.15, 0.2) is 47.9 Å². The van der Waals surface area contributed by atoms with Crippen LogP contribution in [0.5, 0.6) is 0 Å². The zero-order chi connectivity index (χ0) is 12.5. The van der Waals surface area contributed by atoms with Gasteiger partial charge in [0, 0.05) is 10.7 Å². The van der Waals surface area contributed by atoms with Crippen LogP contribution in [0.1, 0.15) is 5.56 Å². The predicted molar refractivity (Wildman–Crippen MR) is 64.2 cm³/mol. The monoisotopic (exact) mass is 350 g/mol.